The fourth-order valence-electron chi connectivity index (χ4n) is 2.22. The monoisotopic (exact) mass is 323 g/mol. The second-order valence-corrected chi connectivity index (χ2v) is 5.31. The second kappa shape index (κ2) is 6.21. The average Bonchev–Trinajstić information content (AvgIpc) is 2.77. The van der Waals surface area contributed by atoms with Crippen LogP contribution in [0, 0.1) is 0 Å². The lowest BCUT2D eigenvalue weighted by Gasteiger charge is -2.18. The van der Waals surface area contributed by atoms with Crippen LogP contribution in [-0.2, 0) is 13.5 Å². The number of aromatic nitrogens is 2. The summed E-state index contributed by atoms with van der Waals surface area (Å²) in [6.07, 6.45) is 2.63. The minimum Gasteiger partial charge on any atom is -0.493 e. The van der Waals surface area contributed by atoms with Crippen molar-refractivity contribution in [1.29, 1.82) is 0 Å². The van der Waals surface area contributed by atoms with E-state index in [9.17, 15) is 0 Å². The number of benzene rings is 1. The third-order valence-electron chi connectivity index (χ3n) is 3.18. The van der Waals surface area contributed by atoms with E-state index in [1.165, 1.54) is 5.56 Å². The van der Waals surface area contributed by atoms with Crippen LogP contribution in [0.5, 0.6) is 5.75 Å². The van der Waals surface area contributed by atoms with Gasteiger partial charge in [0, 0.05) is 11.5 Å². The molecule has 0 saturated heterocycles. The van der Waals surface area contributed by atoms with Crippen LogP contribution in [-0.4, -0.2) is 23.9 Å². The van der Waals surface area contributed by atoms with Crippen molar-refractivity contribution in [1.82, 2.24) is 15.1 Å². The molecule has 0 aliphatic rings. The Hall–Kier alpha value is -1.33. The molecule has 1 aromatic heterocycles. The summed E-state index contributed by atoms with van der Waals surface area (Å²) in [5.74, 6) is 0.817. The van der Waals surface area contributed by atoms with E-state index in [0.717, 1.165) is 22.3 Å². The summed E-state index contributed by atoms with van der Waals surface area (Å²) in [5.41, 5.74) is 2.32. The van der Waals surface area contributed by atoms with Gasteiger partial charge in [0.15, 0.2) is 5.75 Å². The molecule has 0 saturated carbocycles. The highest BCUT2D eigenvalue weighted by atomic mass is 79.9. The molecule has 0 aliphatic heterocycles. The van der Waals surface area contributed by atoms with Gasteiger partial charge in [0.25, 0.3) is 0 Å². The summed E-state index contributed by atoms with van der Waals surface area (Å²) >= 11 is 3.50. The highest BCUT2D eigenvalue weighted by Gasteiger charge is 2.19. The SMILES string of the molecule is CNC(Cc1cccc(Br)c1)c1c(OC)cnn1C. The van der Waals surface area contributed by atoms with E-state index in [1.54, 1.807) is 13.3 Å². The molecular formula is C14H18BrN3O. The predicted molar refractivity (Wildman–Crippen MR) is 79.4 cm³/mol. The summed E-state index contributed by atoms with van der Waals surface area (Å²) in [6.45, 7) is 0. The highest BCUT2D eigenvalue weighted by Crippen LogP contribution is 2.27. The zero-order valence-corrected chi connectivity index (χ0v) is 12.9. The molecule has 1 aromatic carbocycles. The van der Waals surface area contributed by atoms with Crippen LogP contribution >= 0.6 is 15.9 Å². The molecule has 2 rings (SSSR count). The van der Waals surface area contributed by atoms with Gasteiger partial charge in [-0.25, -0.2) is 0 Å². The molecule has 1 atom stereocenters. The Morgan fingerprint density at radius 3 is 2.89 bits per heavy atom. The number of hydrogen-bond acceptors (Lipinski definition) is 3. The van der Waals surface area contributed by atoms with E-state index in [2.05, 4.69) is 38.5 Å². The summed E-state index contributed by atoms with van der Waals surface area (Å²) in [6, 6.07) is 8.50. The van der Waals surface area contributed by atoms with E-state index in [-0.39, 0.29) is 6.04 Å². The van der Waals surface area contributed by atoms with E-state index in [4.69, 9.17) is 4.74 Å². The quantitative estimate of drug-likeness (QED) is 0.919. The van der Waals surface area contributed by atoms with Crippen LogP contribution < -0.4 is 10.1 Å². The summed E-state index contributed by atoms with van der Waals surface area (Å²) in [5, 5.41) is 7.59. The molecule has 1 unspecified atom stereocenters. The lowest BCUT2D eigenvalue weighted by atomic mass is 10.0. The van der Waals surface area contributed by atoms with Crippen molar-refractivity contribution in [3.8, 4) is 5.75 Å². The van der Waals surface area contributed by atoms with Crippen LogP contribution in [0.4, 0.5) is 0 Å². The van der Waals surface area contributed by atoms with Gasteiger partial charge in [0.2, 0.25) is 0 Å². The number of hydrogen-bond donors (Lipinski definition) is 1. The summed E-state index contributed by atoms with van der Waals surface area (Å²) in [7, 11) is 5.56. The van der Waals surface area contributed by atoms with Crippen LogP contribution in [0.1, 0.15) is 17.3 Å². The fraction of sp³-hybridized carbons (Fsp3) is 0.357. The molecule has 5 heteroatoms. The number of rotatable bonds is 5. The predicted octanol–water partition coefficient (Wildman–Crippen LogP) is 2.69. The second-order valence-electron chi connectivity index (χ2n) is 4.40. The number of halogens is 1. The maximum atomic E-state index is 5.38. The molecule has 2 aromatic rings. The Balaban J connectivity index is 2.27. The zero-order chi connectivity index (χ0) is 13.8. The van der Waals surface area contributed by atoms with Crippen LogP contribution in [0.2, 0.25) is 0 Å². The van der Waals surface area contributed by atoms with Gasteiger partial charge in [-0.1, -0.05) is 28.1 Å². The minimum atomic E-state index is 0.164. The standard InChI is InChI=1S/C14H18BrN3O/c1-16-12(8-10-5-4-6-11(15)7-10)14-13(19-3)9-17-18(14)2/h4-7,9,12,16H,8H2,1-3H3. The van der Waals surface area contributed by atoms with Crippen LogP contribution in [0.25, 0.3) is 0 Å². The van der Waals surface area contributed by atoms with Crippen molar-refractivity contribution in [3.05, 3.63) is 46.2 Å². The fourth-order valence-corrected chi connectivity index (χ4v) is 2.66. The Bertz CT molecular complexity index is 553. The largest absolute Gasteiger partial charge is 0.493 e. The van der Waals surface area contributed by atoms with Gasteiger partial charge in [-0.05, 0) is 31.2 Å². The number of ether oxygens (including phenoxy) is 1. The van der Waals surface area contributed by atoms with E-state index in [1.807, 2.05) is 30.9 Å². The topological polar surface area (TPSA) is 39.1 Å². The Morgan fingerprint density at radius 2 is 2.26 bits per heavy atom. The number of likely N-dealkylation sites (N-methyl/N-ethyl adjacent to an activating group) is 1. The Morgan fingerprint density at radius 1 is 1.47 bits per heavy atom. The maximum absolute atomic E-state index is 5.38. The molecule has 102 valence electrons. The molecule has 1 N–H and O–H groups in total. The smallest absolute Gasteiger partial charge is 0.161 e. The number of nitrogens with one attached hydrogen (secondary N) is 1. The van der Waals surface area contributed by atoms with Gasteiger partial charge in [0.1, 0.15) is 0 Å². The van der Waals surface area contributed by atoms with Crippen molar-refractivity contribution in [3.63, 3.8) is 0 Å². The number of methoxy groups -OCH3 is 1. The first-order valence-corrected chi connectivity index (χ1v) is 6.92. The molecule has 0 radical (unpaired) electrons. The van der Waals surface area contributed by atoms with Crippen molar-refractivity contribution in [2.75, 3.05) is 14.2 Å². The first-order chi connectivity index (χ1) is 9.15. The van der Waals surface area contributed by atoms with Gasteiger partial charge in [-0.15, -0.1) is 0 Å². The van der Waals surface area contributed by atoms with Gasteiger partial charge in [-0.3, -0.25) is 4.68 Å². The number of aryl methyl sites for hydroxylation is 1. The molecule has 0 bridgehead atoms. The Labute approximate surface area is 121 Å². The zero-order valence-electron chi connectivity index (χ0n) is 11.4. The van der Waals surface area contributed by atoms with Gasteiger partial charge >= 0.3 is 0 Å². The lowest BCUT2D eigenvalue weighted by molar-refractivity contribution is 0.397. The van der Waals surface area contributed by atoms with Gasteiger partial charge in [-0.2, -0.15) is 5.10 Å². The molecule has 0 aliphatic carbocycles. The molecule has 0 fully saturated rings. The molecular weight excluding hydrogens is 306 g/mol. The third-order valence-corrected chi connectivity index (χ3v) is 3.67. The minimum absolute atomic E-state index is 0.164. The van der Waals surface area contributed by atoms with E-state index < -0.39 is 0 Å². The highest BCUT2D eigenvalue weighted by molar-refractivity contribution is 9.10. The van der Waals surface area contributed by atoms with Crippen molar-refractivity contribution in [2.45, 2.75) is 12.5 Å². The van der Waals surface area contributed by atoms with E-state index >= 15 is 0 Å². The molecule has 19 heavy (non-hydrogen) atoms. The maximum Gasteiger partial charge on any atom is 0.161 e. The molecule has 1 heterocycles. The van der Waals surface area contributed by atoms with Crippen molar-refractivity contribution >= 4 is 15.9 Å². The Kier molecular flexibility index (Phi) is 4.61. The normalized spacial score (nSPS) is 12.4. The molecule has 0 amide bonds. The van der Waals surface area contributed by atoms with Crippen LogP contribution in [0.3, 0.4) is 0 Å². The average molecular weight is 324 g/mol. The summed E-state index contributed by atoms with van der Waals surface area (Å²) in [4.78, 5) is 0. The van der Waals surface area contributed by atoms with Crippen LogP contribution in [0.15, 0.2) is 34.9 Å². The first-order valence-electron chi connectivity index (χ1n) is 6.13. The van der Waals surface area contributed by atoms with Gasteiger partial charge in [0.05, 0.1) is 25.0 Å². The molecule has 0 spiro atoms. The van der Waals surface area contributed by atoms with Crippen molar-refractivity contribution < 1.29 is 4.74 Å². The summed E-state index contributed by atoms with van der Waals surface area (Å²) < 4.78 is 8.33. The van der Waals surface area contributed by atoms with E-state index in [0.29, 0.717) is 0 Å². The lowest BCUT2D eigenvalue weighted by Crippen LogP contribution is -2.22. The van der Waals surface area contributed by atoms with Crippen molar-refractivity contribution in [2.24, 2.45) is 7.05 Å². The van der Waals surface area contributed by atoms with Gasteiger partial charge < -0.3 is 10.1 Å². The first kappa shape index (κ1) is 14.1. The number of nitrogens with zero attached hydrogens (tertiary/aromatic N) is 2. The molecule has 4 nitrogen and oxygen atoms in total. The third kappa shape index (κ3) is 3.16.